The quantitative estimate of drug-likeness (QED) is 0.856. The number of nitrogens with one attached hydrogen (secondary N) is 1. The predicted molar refractivity (Wildman–Crippen MR) is 78.9 cm³/mol. The van der Waals surface area contributed by atoms with Gasteiger partial charge in [-0.2, -0.15) is 4.52 Å². The summed E-state index contributed by atoms with van der Waals surface area (Å²) in [5.74, 6) is 0. The fourth-order valence-corrected chi connectivity index (χ4v) is 2.59. The Bertz CT molecular complexity index is 596. The van der Waals surface area contributed by atoms with Crippen LogP contribution in [0.4, 0.5) is 5.13 Å². The van der Waals surface area contributed by atoms with Crippen LogP contribution in [0, 0.1) is 5.41 Å². The summed E-state index contributed by atoms with van der Waals surface area (Å²) in [4.78, 5) is 16.3. The monoisotopic (exact) mass is 280 g/mol. The Morgan fingerprint density at radius 1 is 1.37 bits per heavy atom. The van der Waals surface area contributed by atoms with Crippen LogP contribution in [-0.2, 0) is 0 Å². The lowest BCUT2D eigenvalue weighted by atomic mass is 9.90. The maximum absolute atomic E-state index is 11.5. The zero-order valence-corrected chi connectivity index (χ0v) is 12.5. The van der Waals surface area contributed by atoms with E-state index in [1.54, 1.807) is 0 Å². The molecule has 2 aromatic heterocycles. The Balaban J connectivity index is 1.85. The molecular weight excluding hydrogens is 260 g/mol. The van der Waals surface area contributed by atoms with Gasteiger partial charge in [0.25, 0.3) is 5.56 Å². The van der Waals surface area contributed by atoms with E-state index >= 15 is 0 Å². The lowest BCUT2D eigenvalue weighted by Crippen LogP contribution is -2.13. The van der Waals surface area contributed by atoms with Gasteiger partial charge in [-0.15, -0.1) is 5.10 Å². The van der Waals surface area contributed by atoms with Crippen LogP contribution in [-0.4, -0.2) is 21.1 Å². The number of anilines is 1. The minimum Gasteiger partial charge on any atom is -0.360 e. The first-order chi connectivity index (χ1) is 8.96. The summed E-state index contributed by atoms with van der Waals surface area (Å²) in [6.07, 6.45) is 5.04. The SMILES string of the molecule is CC(C)(C)CCCCNc1nn2c(=O)ccnc2s1. The molecule has 104 valence electrons. The number of aromatic nitrogens is 3. The first kappa shape index (κ1) is 14.0. The van der Waals surface area contributed by atoms with Crippen molar-refractivity contribution in [2.75, 3.05) is 11.9 Å². The smallest absolute Gasteiger partial charge is 0.275 e. The molecule has 0 spiro atoms. The number of hydrogen-bond acceptors (Lipinski definition) is 5. The highest BCUT2D eigenvalue weighted by Crippen LogP contribution is 2.21. The Kier molecular flexibility index (Phi) is 4.19. The molecule has 0 saturated heterocycles. The van der Waals surface area contributed by atoms with Crippen molar-refractivity contribution in [1.29, 1.82) is 0 Å². The minimum atomic E-state index is -0.137. The van der Waals surface area contributed by atoms with E-state index in [1.807, 2.05) is 0 Å². The van der Waals surface area contributed by atoms with Crippen LogP contribution in [0.3, 0.4) is 0 Å². The molecular formula is C13H20N4OS. The number of unbranched alkanes of at least 4 members (excludes halogenated alkanes) is 1. The van der Waals surface area contributed by atoms with Gasteiger partial charge in [0.1, 0.15) is 0 Å². The van der Waals surface area contributed by atoms with Gasteiger partial charge in [0, 0.05) is 18.8 Å². The van der Waals surface area contributed by atoms with Crippen molar-refractivity contribution >= 4 is 21.4 Å². The first-order valence-electron chi connectivity index (χ1n) is 6.54. The zero-order chi connectivity index (χ0) is 13.9. The van der Waals surface area contributed by atoms with Gasteiger partial charge in [0.2, 0.25) is 10.1 Å². The summed E-state index contributed by atoms with van der Waals surface area (Å²) in [5.41, 5.74) is 0.259. The Hall–Kier alpha value is -1.43. The molecule has 5 nitrogen and oxygen atoms in total. The molecule has 0 aliphatic rings. The predicted octanol–water partition coefficient (Wildman–Crippen LogP) is 2.78. The van der Waals surface area contributed by atoms with Crippen LogP contribution in [0.25, 0.3) is 4.96 Å². The van der Waals surface area contributed by atoms with Gasteiger partial charge in [-0.3, -0.25) is 4.79 Å². The molecule has 0 saturated carbocycles. The lowest BCUT2D eigenvalue weighted by Gasteiger charge is -2.17. The summed E-state index contributed by atoms with van der Waals surface area (Å²) in [5, 5.41) is 8.22. The molecule has 0 aliphatic carbocycles. The van der Waals surface area contributed by atoms with Crippen LogP contribution < -0.4 is 10.9 Å². The van der Waals surface area contributed by atoms with E-state index in [-0.39, 0.29) is 5.56 Å². The van der Waals surface area contributed by atoms with Crippen LogP contribution >= 0.6 is 11.3 Å². The molecule has 2 heterocycles. The maximum atomic E-state index is 11.5. The third kappa shape index (κ3) is 4.02. The molecule has 0 aromatic carbocycles. The minimum absolute atomic E-state index is 0.137. The summed E-state index contributed by atoms with van der Waals surface area (Å²) in [7, 11) is 0. The van der Waals surface area contributed by atoms with E-state index in [4.69, 9.17) is 0 Å². The van der Waals surface area contributed by atoms with Crippen LogP contribution in [0.2, 0.25) is 0 Å². The normalized spacial score (nSPS) is 11.9. The van der Waals surface area contributed by atoms with Gasteiger partial charge in [-0.25, -0.2) is 4.98 Å². The number of fused-ring (bicyclic) bond motifs is 1. The van der Waals surface area contributed by atoms with Crippen molar-refractivity contribution < 1.29 is 0 Å². The second-order valence-electron chi connectivity index (χ2n) is 5.83. The highest BCUT2D eigenvalue weighted by atomic mass is 32.1. The standard InChI is InChI=1S/C13H20N4OS/c1-13(2,3)7-4-5-8-14-11-16-17-10(18)6-9-15-12(17)19-11/h6,9H,4-5,7-8H2,1-3H3,(H,14,16). The third-order valence-corrected chi connectivity index (χ3v) is 3.68. The summed E-state index contributed by atoms with van der Waals surface area (Å²) in [6.45, 7) is 7.65. The van der Waals surface area contributed by atoms with Crippen LogP contribution in [0.5, 0.6) is 0 Å². The van der Waals surface area contributed by atoms with E-state index in [1.165, 1.54) is 41.0 Å². The van der Waals surface area contributed by atoms with Gasteiger partial charge in [-0.1, -0.05) is 38.5 Å². The molecule has 0 unspecified atom stereocenters. The molecule has 2 aromatic rings. The molecule has 6 heteroatoms. The molecule has 2 rings (SSSR count). The highest BCUT2D eigenvalue weighted by Gasteiger charge is 2.09. The maximum Gasteiger partial charge on any atom is 0.275 e. The third-order valence-electron chi connectivity index (χ3n) is 2.80. The molecule has 0 atom stereocenters. The molecule has 19 heavy (non-hydrogen) atoms. The molecule has 0 bridgehead atoms. The van der Waals surface area contributed by atoms with E-state index in [0.717, 1.165) is 18.1 Å². The fraction of sp³-hybridized carbons (Fsp3) is 0.615. The van der Waals surface area contributed by atoms with Crippen molar-refractivity contribution in [3.8, 4) is 0 Å². The Morgan fingerprint density at radius 2 is 2.16 bits per heavy atom. The largest absolute Gasteiger partial charge is 0.360 e. The van der Waals surface area contributed by atoms with Crippen molar-refractivity contribution in [3.63, 3.8) is 0 Å². The van der Waals surface area contributed by atoms with Gasteiger partial charge < -0.3 is 5.32 Å². The second-order valence-corrected chi connectivity index (χ2v) is 6.79. The lowest BCUT2D eigenvalue weighted by molar-refractivity contribution is 0.362. The van der Waals surface area contributed by atoms with Crippen molar-refractivity contribution in [2.45, 2.75) is 40.0 Å². The van der Waals surface area contributed by atoms with Crippen LogP contribution in [0.15, 0.2) is 17.1 Å². The Morgan fingerprint density at radius 3 is 2.84 bits per heavy atom. The highest BCUT2D eigenvalue weighted by molar-refractivity contribution is 7.20. The van der Waals surface area contributed by atoms with Gasteiger partial charge >= 0.3 is 0 Å². The average Bonchev–Trinajstić information content (AvgIpc) is 2.71. The summed E-state index contributed by atoms with van der Waals surface area (Å²) >= 11 is 1.40. The van der Waals surface area contributed by atoms with Gasteiger partial charge in [0.05, 0.1) is 0 Å². The summed E-state index contributed by atoms with van der Waals surface area (Å²) in [6, 6.07) is 1.42. The number of rotatable bonds is 5. The van der Waals surface area contributed by atoms with E-state index in [2.05, 4.69) is 36.2 Å². The van der Waals surface area contributed by atoms with Crippen LogP contribution in [0.1, 0.15) is 40.0 Å². The second kappa shape index (κ2) is 5.69. The van der Waals surface area contributed by atoms with Crippen molar-refractivity contribution in [1.82, 2.24) is 14.6 Å². The van der Waals surface area contributed by atoms with Crippen molar-refractivity contribution in [2.24, 2.45) is 5.41 Å². The number of nitrogens with zero attached hydrogens (tertiary/aromatic N) is 3. The molecule has 0 radical (unpaired) electrons. The topological polar surface area (TPSA) is 59.3 Å². The van der Waals surface area contributed by atoms with E-state index < -0.39 is 0 Å². The van der Waals surface area contributed by atoms with Gasteiger partial charge in [0.15, 0.2) is 0 Å². The van der Waals surface area contributed by atoms with Gasteiger partial charge in [-0.05, 0) is 18.3 Å². The number of hydrogen-bond donors (Lipinski definition) is 1. The molecule has 0 amide bonds. The molecule has 1 N–H and O–H groups in total. The zero-order valence-electron chi connectivity index (χ0n) is 11.6. The Labute approximate surface area is 116 Å². The summed E-state index contributed by atoms with van der Waals surface area (Å²) < 4.78 is 1.34. The molecule has 0 aliphatic heterocycles. The molecule has 0 fully saturated rings. The van der Waals surface area contributed by atoms with E-state index in [0.29, 0.717) is 10.4 Å². The fourth-order valence-electron chi connectivity index (χ4n) is 1.79. The van der Waals surface area contributed by atoms with Crippen molar-refractivity contribution in [3.05, 3.63) is 22.6 Å². The average molecular weight is 280 g/mol. The van der Waals surface area contributed by atoms with E-state index in [9.17, 15) is 4.79 Å². The first-order valence-corrected chi connectivity index (χ1v) is 7.36.